The molecule has 0 radical (unpaired) electrons. The van der Waals surface area contributed by atoms with E-state index in [1.807, 2.05) is 4.57 Å². The molecule has 0 unspecified atom stereocenters. The van der Waals surface area contributed by atoms with Crippen molar-refractivity contribution in [3.63, 3.8) is 0 Å². The minimum atomic E-state index is 0.210. The molecule has 4 rings (SSSR count). The third-order valence-corrected chi connectivity index (χ3v) is 5.96. The summed E-state index contributed by atoms with van der Waals surface area (Å²) >= 11 is 1.74. The van der Waals surface area contributed by atoms with Crippen molar-refractivity contribution in [2.45, 2.75) is 44.7 Å². The van der Waals surface area contributed by atoms with E-state index in [1.165, 1.54) is 16.9 Å². The van der Waals surface area contributed by atoms with Gasteiger partial charge in [0.15, 0.2) is 0 Å². The predicted molar refractivity (Wildman–Crippen MR) is 94.4 cm³/mol. The zero-order valence-electron chi connectivity index (χ0n) is 13.9. The average molecular weight is 332 g/mol. The van der Waals surface area contributed by atoms with Gasteiger partial charge in [-0.15, -0.1) is 11.3 Å². The zero-order valence-corrected chi connectivity index (χ0v) is 14.7. The SMILES string of the molecule is CN(C)CCNCc1nc2sc3c(c2c(=O)n1C1CC1)CCC3. The number of thiophene rings is 1. The third-order valence-electron chi connectivity index (χ3n) is 4.77. The summed E-state index contributed by atoms with van der Waals surface area (Å²) in [4.78, 5) is 22.5. The van der Waals surface area contributed by atoms with Gasteiger partial charge in [0, 0.05) is 24.0 Å². The lowest BCUT2D eigenvalue weighted by atomic mass is 10.2. The van der Waals surface area contributed by atoms with Crippen molar-refractivity contribution < 1.29 is 0 Å². The van der Waals surface area contributed by atoms with Crippen LogP contribution in [-0.2, 0) is 19.4 Å². The first kappa shape index (κ1) is 15.3. The molecule has 0 amide bonds. The molecule has 1 fully saturated rings. The highest BCUT2D eigenvalue weighted by Crippen LogP contribution is 2.38. The van der Waals surface area contributed by atoms with E-state index < -0.39 is 0 Å². The third kappa shape index (κ3) is 2.84. The Balaban J connectivity index is 1.69. The molecule has 0 spiro atoms. The molecule has 6 heteroatoms. The second-order valence-electron chi connectivity index (χ2n) is 6.95. The summed E-state index contributed by atoms with van der Waals surface area (Å²) in [5.41, 5.74) is 1.50. The van der Waals surface area contributed by atoms with Gasteiger partial charge in [-0.05, 0) is 51.8 Å². The monoisotopic (exact) mass is 332 g/mol. The normalized spacial score (nSPS) is 17.3. The lowest BCUT2D eigenvalue weighted by molar-refractivity contribution is 0.397. The number of nitrogens with zero attached hydrogens (tertiary/aromatic N) is 3. The van der Waals surface area contributed by atoms with Gasteiger partial charge < -0.3 is 10.2 Å². The van der Waals surface area contributed by atoms with E-state index in [4.69, 9.17) is 4.98 Å². The van der Waals surface area contributed by atoms with Gasteiger partial charge in [0.1, 0.15) is 10.7 Å². The topological polar surface area (TPSA) is 50.2 Å². The van der Waals surface area contributed by atoms with E-state index in [-0.39, 0.29) is 5.56 Å². The van der Waals surface area contributed by atoms with Crippen LogP contribution in [0.25, 0.3) is 10.2 Å². The molecule has 0 aromatic carbocycles. The van der Waals surface area contributed by atoms with Crippen molar-refractivity contribution in [2.24, 2.45) is 0 Å². The van der Waals surface area contributed by atoms with Gasteiger partial charge in [-0.1, -0.05) is 0 Å². The van der Waals surface area contributed by atoms with Crippen LogP contribution in [0.3, 0.4) is 0 Å². The summed E-state index contributed by atoms with van der Waals surface area (Å²) in [5.74, 6) is 0.920. The summed E-state index contributed by atoms with van der Waals surface area (Å²) in [7, 11) is 4.14. The molecular weight excluding hydrogens is 308 g/mol. The first-order valence-electron chi connectivity index (χ1n) is 8.56. The Morgan fingerprint density at radius 2 is 2.17 bits per heavy atom. The van der Waals surface area contributed by atoms with Crippen LogP contribution in [-0.4, -0.2) is 41.6 Å². The van der Waals surface area contributed by atoms with Gasteiger partial charge in [0.2, 0.25) is 0 Å². The van der Waals surface area contributed by atoms with E-state index in [2.05, 4.69) is 24.3 Å². The lowest BCUT2D eigenvalue weighted by Gasteiger charge is -2.14. The summed E-state index contributed by atoms with van der Waals surface area (Å²) in [6.45, 7) is 2.58. The van der Waals surface area contributed by atoms with Crippen molar-refractivity contribution in [2.75, 3.05) is 27.2 Å². The van der Waals surface area contributed by atoms with Gasteiger partial charge in [-0.25, -0.2) is 4.98 Å². The smallest absolute Gasteiger partial charge is 0.262 e. The quantitative estimate of drug-likeness (QED) is 0.821. The Morgan fingerprint density at radius 3 is 2.91 bits per heavy atom. The van der Waals surface area contributed by atoms with Crippen molar-refractivity contribution in [3.8, 4) is 0 Å². The fraction of sp³-hybridized carbons (Fsp3) is 0.647. The van der Waals surface area contributed by atoms with Crippen LogP contribution in [0.15, 0.2) is 4.79 Å². The van der Waals surface area contributed by atoms with Crippen LogP contribution in [0.4, 0.5) is 0 Å². The molecule has 0 atom stereocenters. The molecule has 2 aliphatic rings. The molecule has 0 saturated heterocycles. The molecule has 2 heterocycles. The van der Waals surface area contributed by atoms with Gasteiger partial charge >= 0.3 is 0 Å². The zero-order chi connectivity index (χ0) is 16.0. The van der Waals surface area contributed by atoms with Crippen LogP contribution in [0.1, 0.15) is 41.6 Å². The number of rotatable bonds is 6. The largest absolute Gasteiger partial charge is 0.309 e. The van der Waals surface area contributed by atoms with E-state index in [0.29, 0.717) is 12.6 Å². The summed E-state index contributed by atoms with van der Waals surface area (Å²) < 4.78 is 1.98. The van der Waals surface area contributed by atoms with E-state index >= 15 is 0 Å². The maximum Gasteiger partial charge on any atom is 0.262 e. The Kier molecular flexibility index (Phi) is 3.99. The summed E-state index contributed by atoms with van der Waals surface area (Å²) in [6.07, 6.45) is 5.59. The molecule has 23 heavy (non-hydrogen) atoms. The standard InChI is InChI=1S/C17H24N4OS/c1-20(2)9-8-18-10-14-19-16-15(12-4-3-5-13(12)23-16)17(22)21(14)11-6-7-11/h11,18H,3-10H2,1-2H3. The Labute approximate surface area is 140 Å². The molecule has 124 valence electrons. The Hall–Kier alpha value is -1.24. The minimum absolute atomic E-state index is 0.210. The van der Waals surface area contributed by atoms with Crippen LogP contribution in [0.5, 0.6) is 0 Å². The van der Waals surface area contributed by atoms with Crippen molar-refractivity contribution in [1.29, 1.82) is 0 Å². The number of aryl methyl sites for hydroxylation is 2. The maximum atomic E-state index is 13.1. The van der Waals surface area contributed by atoms with E-state index in [9.17, 15) is 4.79 Å². The number of hydrogen-bond acceptors (Lipinski definition) is 5. The van der Waals surface area contributed by atoms with Crippen LogP contribution in [0, 0.1) is 0 Å². The first-order valence-corrected chi connectivity index (χ1v) is 9.38. The fourth-order valence-electron chi connectivity index (χ4n) is 3.43. The minimum Gasteiger partial charge on any atom is -0.309 e. The molecule has 0 bridgehead atoms. The molecule has 5 nitrogen and oxygen atoms in total. The number of likely N-dealkylation sites (N-methyl/N-ethyl adjacent to an activating group) is 1. The molecule has 0 aliphatic heterocycles. The van der Waals surface area contributed by atoms with Gasteiger partial charge in [-0.2, -0.15) is 0 Å². The number of nitrogens with one attached hydrogen (secondary N) is 1. The number of aromatic nitrogens is 2. The van der Waals surface area contributed by atoms with Crippen LogP contribution < -0.4 is 10.9 Å². The van der Waals surface area contributed by atoms with E-state index in [1.54, 1.807) is 11.3 Å². The first-order chi connectivity index (χ1) is 11.1. The summed E-state index contributed by atoms with van der Waals surface area (Å²) in [6, 6.07) is 0.377. The molecular formula is C17H24N4OS. The highest BCUT2D eigenvalue weighted by atomic mass is 32.1. The second-order valence-corrected chi connectivity index (χ2v) is 8.04. The Morgan fingerprint density at radius 1 is 1.35 bits per heavy atom. The van der Waals surface area contributed by atoms with Gasteiger partial charge in [0.25, 0.3) is 5.56 Å². The maximum absolute atomic E-state index is 13.1. The highest BCUT2D eigenvalue weighted by Gasteiger charge is 2.30. The summed E-state index contributed by atoms with van der Waals surface area (Å²) in [5, 5.41) is 4.36. The Bertz CT molecular complexity index is 788. The predicted octanol–water partition coefficient (Wildman–Crippen LogP) is 1.93. The molecule has 1 N–H and O–H groups in total. The van der Waals surface area contributed by atoms with E-state index in [0.717, 1.165) is 54.8 Å². The van der Waals surface area contributed by atoms with Crippen molar-refractivity contribution in [3.05, 3.63) is 26.6 Å². The van der Waals surface area contributed by atoms with Crippen LogP contribution >= 0.6 is 11.3 Å². The van der Waals surface area contributed by atoms with Gasteiger partial charge in [0.05, 0.1) is 11.9 Å². The number of fused-ring (bicyclic) bond motifs is 3. The van der Waals surface area contributed by atoms with Crippen molar-refractivity contribution >= 4 is 21.6 Å². The molecule has 2 aliphatic carbocycles. The lowest BCUT2D eigenvalue weighted by Crippen LogP contribution is -2.31. The molecule has 1 saturated carbocycles. The second kappa shape index (κ2) is 6.00. The van der Waals surface area contributed by atoms with Crippen LogP contribution in [0.2, 0.25) is 0 Å². The highest BCUT2D eigenvalue weighted by molar-refractivity contribution is 7.18. The van der Waals surface area contributed by atoms with Gasteiger partial charge in [-0.3, -0.25) is 9.36 Å². The van der Waals surface area contributed by atoms with Crippen molar-refractivity contribution in [1.82, 2.24) is 19.8 Å². The number of hydrogen-bond donors (Lipinski definition) is 1. The fourth-order valence-corrected chi connectivity index (χ4v) is 4.71. The average Bonchev–Trinajstić information content (AvgIpc) is 3.11. The molecule has 2 aromatic rings. The molecule has 2 aromatic heterocycles.